The van der Waals surface area contributed by atoms with Gasteiger partial charge in [-0.3, -0.25) is 0 Å². The molecule has 5 nitrogen and oxygen atoms in total. The van der Waals surface area contributed by atoms with Crippen LogP contribution in [0.3, 0.4) is 0 Å². The van der Waals surface area contributed by atoms with Crippen molar-refractivity contribution in [2.75, 3.05) is 14.2 Å². The average Bonchev–Trinajstić information content (AvgIpc) is 2.55. The molecule has 2 aromatic rings. The lowest BCUT2D eigenvalue weighted by Gasteiger charge is -2.08. The van der Waals surface area contributed by atoms with Crippen molar-refractivity contribution >= 4 is 5.84 Å². The first kappa shape index (κ1) is 15.6. The van der Waals surface area contributed by atoms with E-state index in [4.69, 9.17) is 20.0 Å². The normalized spacial score (nSPS) is 11.1. The monoisotopic (exact) mass is 304 g/mol. The second-order valence-electron chi connectivity index (χ2n) is 4.43. The van der Waals surface area contributed by atoms with Crippen LogP contribution in [0.5, 0.6) is 11.5 Å². The first-order valence-corrected chi connectivity index (χ1v) is 6.56. The molecule has 0 unspecified atom stereocenters. The number of nitrogens with two attached hydrogens (primary N) is 1. The molecular formula is C16H17FN2O3. The number of methoxy groups -OCH3 is 2. The van der Waals surface area contributed by atoms with Gasteiger partial charge in [0.2, 0.25) is 0 Å². The number of hydrogen-bond donors (Lipinski definition) is 1. The molecule has 2 N–H and O–H groups in total. The first-order valence-electron chi connectivity index (χ1n) is 6.56. The summed E-state index contributed by atoms with van der Waals surface area (Å²) in [7, 11) is 3.09. The van der Waals surface area contributed by atoms with E-state index in [-0.39, 0.29) is 18.3 Å². The maximum atomic E-state index is 13.2. The van der Waals surface area contributed by atoms with Gasteiger partial charge in [0, 0.05) is 11.1 Å². The second kappa shape index (κ2) is 7.31. The molecule has 2 aromatic carbocycles. The molecule has 0 radical (unpaired) electrons. The first-order chi connectivity index (χ1) is 10.6. The van der Waals surface area contributed by atoms with E-state index in [1.807, 2.05) is 0 Å². The zero-order valence-electron chi connectivity index (χ0n) is 12.4. The summed E-state index contributed by atoms with van der Waals surface area (Å²) in [5, 5.41) is 3.83. The van der Waals surface area contributed by atoms with E-state index in [1.165, 1.54) is 25.3 Å². The van der Waals surface area contributed by atoms with Crippen LogP contribution in [0.15, 0.2) is 47.6 Å². The van der Waals surface area contributed by atoms with E-state index >= 15 is 0 Å². The molecule has 0 amide bonds. The maximum absolute atomic E-state index is 13.2. The summed E-state index contributed by atoms with van der Waals surface area (Å²) in [5.41, 5.74) is 7.08. The quantitative estimate of drug-likeness (QED) is 0.506. The number of nitrogens with zero attached hydrogens (tertiary/aromatic N) is 1. The van der Waals surface area contributed by atoms with Crippen molar-refractivity contribution in [3.63, 3.8) is 0 Å². The molecule has 0 aliphatic rings. The molecule has 0 bridgehead atoms. The van der Waals surface area contributed by atoms with Crippen LogP contribution >= 0.6 is 0 Å². The van der Waals surface area contributed by atoms with E-state index in [1.54, 1.807) is 31.4 Å². The van der Waals surface area contributed by atoms with Crippen molar-refractivity contribution in [3.05, 3.63) is 59.4 Å². The summed E-state index contributed by atoms with van der Waals surface area (Å²) in [5.74, 6) is 1.10. The Balaban J connectivity index is 2.03. The maximum Gasteiger partial charge on any atom is 0.170 e. The highest BCUT2D eigenvalue weighted by atomic mass is 19.1. The van der Waals surface area contributed by atoms with Crippen molar-refractivity contribution < 1.29 is 18.7 Å². The molecule has 116 valence electrons. The fourth-order valence-electron chi connectivity index (χ4n) is 1.85. The molecule has 0 saturated heterocycles. The molecule has 22 heavy (non-hydrogen) atoms. The molecule has 6 heteroatoms. The molecule has 2 rings (SSSR count). The van der Waals surface area contributed by atoms with Crippen LogP contribution in [0.4, 0.5) is 4.39 Å². The molecule has 0 saturated carbocycles. The Morgan fingerprint density at radius 1 is 1.09 bits per heavy atom. The van der Waals surface area contributed by atoms with Crippen LogP contribution in [0.25, 0.3) is 0 Å². The highest BCUT2D eigenvalue weighted by Gasteiger charge is 2.06. The van der Waals surface area contributed by atoms with Crippen molar-refractivity contribution in [2.45, 2.75) is 6.61 Å². The van der Waals surface area contributed by atoms with E-state index in [0.717, 1.165) is 5.75 Å². The van der Waals surface area contributed by atoms with Gasteiger partial charge in [-0.25, -0.2) is 4.39 Å². The van der Waals surface area contributed by atoms with Crippen LogP contribution in [0.1, 0.15) is 11.1 Å². The number of benzene rings is 2. The third-order valence-corrected chi connectivity index (χ3v) is 3.01. The lowest BCUT2D eigenvalue weighted by Crippen LogP contribution is -2.13. The average molecular weight is 304 g/mol. The lowest BCUT2D eigenvalue weighted by atomic mass is 10.2. The Bertz CT molecular complexity index is 657. The largest absolute Gasteiger partial charge is 0.497 e. The van der Waals surface area contributed by atoms with Crippen LogP contribution in [0, 0.1) is 5.82 Å². The van der Waals surface area contributed by atoms with Crippen molar-refractivity contribution in [1.82, 2.24) is 0 Å². The summed E-state index contributed by atoms with van der Waals surface area (Å²) in [6.07, 6.45) is 0. The van der Waals surface area contributed by atoms with Crippen molar-refractivity contribution in [2.24, 2.45) is 10.9 Å². The zero-order chi connectivity index (χ0) is 15.9. The molecule has 0 aliphatic carbocycles. The summed E-state index contributed by atoms with van der Waals surface area (Å²) in [4.78, 5) is 5.18. The molecule has 0 aliphatic heterocycles. The van der Waals surface area contributed by atoms with Gasteiger partial charge < -0.3 is 20.0 Å². The van der Waals surface area contributed by atoms with Gasteiger partial charge in [0.05, 0.1) is 14.2 Å². The van der Waals surface area contributed by atoms with Gasteiger partial charge in [0.25, 0.3) is 0 Å². The molecule has 0 spiro atoms. The Hall–Kier alpha value is -2.76. The standard InChI is InChI=1S/C16H17FN2O3/c1-20-14-6-3-11(4-7-14)16(18)19-22-10-12-9-13(17)5-8-15(12)21-2/h3-9H,10H2,1-2H3,(H2,18,19). The Kier molecular flexibility index (Phi) is 5.19. The predicted octanol–water partition coefficient (Wildman–Crippen LogP) is 2.68. The summed E-state index contributed by atoms with van der Waals surface area (Å²) < 4.78 is 23.4. The SMILES string of the molecule is COc1ccc(/C(N)=N/OCc2cc(F)ccc2OC)cc1. The van der Waals surface area contributed by atoms with Crippen molar-refractivity contribution in [1.29, 1.82) is 0 Å². The number of amidine groups is 1. The van der Waals surface area contributed by atoms with Crippen LogP contribution in [-0.4, -0.2) is 20.1 Å². The van der Waals surface area contributed by atoms with E-state index in [2.05, 4.69) is 5.16 Å². The number of rotatable bonds is 6. The number of halogens is 1. The van der Waals surface area contributed by atoms with Gasteiger partial charge >= 0.3 is 0 Å². The molecule has 0 fully saturated rings. The van der Waals surface area contributed by atoms with Crippen molar-refractivity contribution in [3.8, 4) is 11.5 Å². The highest BCUT2D eigenvalue weighted by Crippen LogP contribution is 2.20. The summed E-state index contributed by atoms with van der Waals surface area (Å²) in [6, 6.07) is 11.3. The predicted molar refractivity (Wildman–Crippen MR) is 81.5 cm³/mol. The molecule has 0 heterocycles. The van der Waals surface area contributed by atoms with Gasteiger partial charge in [-0.15, -0.1) is 0 Å². The van der Waals surface area contributed by atoms with Gasteiger partial charge in [-0.2, -0.15) is 0 Å². The summed E-state index contributed by atoms with van der Waals surface area (Å²) in [6.45, 7) is 0.0534. The molecular weight excluding hydrogens is 287 g/mol. The Morgan fingerprint density at radius 2 is 1.82 bits per heavy atom. The summed E-state index contributed by atoms with van der Waals surface area (Å²) >= 11 is 0. The third kappa shape index (κ3) is 3.88. The zero-order valence-corrected chi connectivity index (χ0v) is 12.4. The molecule has 0 atom stereocenters. The number of ether oxygens (including phenoxy) is 2. The second-order valence-corrected chi connectivity index (χ2v) is 4.43. The lowest BCUT2D eigenvalue weighted by molar-refractivity contribution is 0.128. The number of oxime groups is 1. The van der Waals surface area contributed by atoms with E-state index in [0.29, 0.717) is 16.9 Å². The number of hydrogen-bond acceptors (Lipinski definition) is 4. The van der Waals surface area contributed by atoms with E-state index in [9.17, 15) is 4.39 Å². The van der Waals surface area contributed by atoms with Gasteiger partial charge in [0.1, 0.15) is 23.9 Å². The smallest absolute Gasteiger partial charge is 0.170 e. The fourth-order valence-corrected chi connectivity index (χ4v) is 1.85. The van der Waals surface area contributed by atoms with Crippen LogP contribution in [-0.2, 0) is 11.4 Å². The Morgan fingerprint density at radius 3 is 2.45 bits per heavy atom. The third-order valence-electron chi connectivity index (χ3n) is 3.01. The minimum absolute atomic E-state index is 0.0534. The van der Waals surface area contributed by atoms with Gasteiger partial charge in [0.15, 0.2) is 5.84 Å². The van der Waals surface area contributed by atoms with Gasteiger partial charge in [-0.1, -0.05) is 5.16 Å². The fraction of sp³-hybridized carbons (Fsp3) is 0.188. The van der Waals surface area contributed by atoms with Crippen LogP contribution in [0.2, 0.25) is 0 Å². The minimum Gasteiger partial charge on any atom is -0.497 e. The molecule has 0 aromatic heterocycles. The van der Waals surface area contributed by atoms with Gasteiger partial charge in [-0.05, 0) is 42.5 Å². The minimum atomic E-state index is -0.369. The Labute approximate surface area is 128 Å². The highest BCUT2D eigenvalue weighted by molar-refractivity contribution is 5.97. The van der Waals surface area contributed by atoms with Crippen LogP contribution < -0.4 is 15.2 Å². The topological polar surface area (TPSA) is 66.1 Å². The van der Waals surface area contributed by atoms with E-state index < -0.39 is 0 Å².